The molecule has 0 saturated heterocycles. The van der Waals surface area contributed by atoms with Crippen LogP contribution in [0, 0.1) is 107 Å². The van der Waals surface area contributed by atoms with Crippen molar-refractivity contribution in [2.75, 3.05) is 0 Å². The first-order valence-electron chi connectivity index (χ1n) is 7.50. The summed E-state index contributed by atoms with van der Waals surface area (Å²) in [5.41, 5.74) is 0. The Morgan fingerprint density at radius 1 is 0.273 bits per heavy atom. The van der Waals surface area contributed by atoms with Crippen LogP contribution < -0.4 is 0 Å². The predicted octanol–water partition coefficient (Wildman–Crippen LogP) is 6.39. The maximum Gasteiger partial charge on any atom is 0 e. The molecule has 0 aromatic heterocycles. The second kappa shape index (κ2) is 10.4. The van der Waals surface area contributed by atoms with Crippen LogP contribution in [0.5, 0.6) is 0 Å². The molecule has 2 saturated carbocycles. The molecule has 2 fully saturated rings. The van der Waals surface area contributed by atoms with E-state index < -0.39 is 0 Å². The fraction of sp³-hybridized carbons (Fsp3) is 0.476. The third kappa shape index (κ3) is 5.16. The molecule has 0 nitrogen and oxygen atoms in total. The van der Waals surface area contributed by atoms with E-state index in [1.807, 2.05) is 0 Å². The quantitative estimate of drug-likeness (QED) is 0.386. The summed E-state index contributed by atoms with van der Waals surface area (Å²) in [5.74, 6) is 14.7. The number of rotatable bonds is 0. The zero-order chi connectivity index (χ0) is 15.8. The topological polar surface area (TPSA) is 0 Å². The Kier molecular flexibility index (Phi) is 12.0. The van der Waals surface area contributed by atoms with Crippen molar-refractivity contribution in [2.45, 2.75) is 69.2 Å². The molecular formula is C21H33Sm-. The van der Waals surface area contributed by atoms with Crippen molar-refractivity contribution >= 4 is 0 Å². The normalized spacial score (nSPS) is 25.9. The van der Waals surface area contributed by atoms with Crippen molar-refractivity contribution in [3.8, 4) is 0 Å². The van der Waals surface area contributed by atoms with Gasteiger partial charge in [-0.3, -0.25) is 0 Å². The molecule has 2 rings (SSSR count). The van der Waals surface area contributed by atoms with Gasteiger partial charge in [0.1, 0.15) is 0 Å². The van der Waals surface area contributed by atoms with E-state index in [2.05, 4.69) is 69.2 Å². The van der Waals surface area contributed by atoms with E-state index in [4.69, 9.17) is 0 Å². The van der Waals surface area contributed by atoms with Crippen LogP contribution in [0.15, 0.2) is 0 Å². The summed E-state index contributed by atoms with van der Waals surface area (Å²) in [6.07, 6.45) is 0. The van der Waals surface area contributed by atoms with Gasteiger partial charge < -0.3 is 7.43 Å². The van der Waals surface area contributed by atoms with Crippen molar-refractivity contribution < 1.29 is 40.4 Å². The van der Waals surface area contributed by atoms with Crippen LogP contribution in [-0.2, 0) is 0 Å². The van der Waals surface area contributed by atoms with Crippen molar-refractivity contribution in [3.05, 3.63) is 66.6 Å². The van der Waals surface area contributed by atoms with Crippen LogP contribution in [0.3, 0.4) is 0 Å². The van der Waals surface area contributed by atoms with Crippen molar-refractivity contribution in [3.63, 3.8) is 0 Å². The molecule has 10 radical (unpaired) electrons. The largest absolute Gasteiger partial charge is 0.358 e. The summed E-state index contributed by atoms with van der Waals surface area (Å²) in [6, 6.07) is 0. The van der Waals surface area contributed by atoms with Crippen molar-refractivity contribution in [1.82, 2.24) is 0 Å². The summed E-state index contributed by atoms with van der Waals surface area (Å²) in [7, 11) is 0. The molecule has 0 heterocycles. The average Bonchev–Trinajstić information content (AvgIpc) is 2.71. The first-order valence-corrected chi connectivity index (χ1v) is 7.50. The van der Waals surface area contributed by atoms with Gasteiger partial charge in [0.15, 0.2) is 0 Å². The van der Waals surface area contributed by atoms with E-state index in [1.54, 1.807) is 0 Å². The summed E-state index contributed by atoms with van der Waals surface area (Å²) >= 11 is 0. The van der Waals surface area contributed by atoms with E-state index in [-0.39, 0.29) is 47.8 Å². The molecule has 0 unspecified atom stereocenters. The molecule has 0 aromatic rings. The van der Waals surface area contributed by atoms with E-state index >= 15 is 0 Å². The SMILES string of the molecule is C[C]1[C](C)[C](C)[C](C)[C]1C.C[C]1[C](C)[C](C)[C](C)[C]1C.[CH3-].[Sm]. The van der Waals surface area contributed by atoms with Crippen molar-refractivity contribution in [2.24, 2.45) is 0 Å². The number of hydrogen-bond donors (Lipinski definition) is 0. The van der Waals surface area contributed by atoms with Crippen LogP contribution in [0.4, 0.5) is 0 Å². The minimum absolute atomic E-state index is 0. The Morgan fingerprint density at radius 2 is 0.318 bits per heavy atom. The minimum Gasteiger partial charge on any atom is -0.358 e. The molecule has 0 spiro atoms. The summed E-state index contributed by atoms with van der Waals surface area (Å²) < 4.78 is 0. The van der Waals surface area contributed by atoms with Gasteiger partial charge in [-0.25, -0.2) is 0 Å². The van der Waals surface area contributed by atoms with Crippen molar-refractivity contribution in [1.29, 1.82) is 0 Å². The van der Waals surface area contributed by atoms with Gasteiger partial charge in [0.25, 0.3) is 0 Å². The third-order valence-corrected chi connectivity index (χ3v) is 5.62. The standard InChI is InChI=1S/2C10H15.CH3.Sm/c2*1-6-7(2)9(4)10(5)8(6)3;;/h2*1-5H3;1H3;/q;;-1;. The van der Waals surface area contributed by atoms with Crippen LogP contribution in [0.2, 0.25) is 0 Å². The molecule has 0 aliphatic heterocycles. The molecule has 0 aromatic carbocycles. The summed E-state index contributed by atoms with van der Waals surface area (Å²) in [6.45, 7) is 22.0. The fourth-order valence-corrected chi connectivity index (χ4v) is 2.81. The first-order chi connectivity index (χ1) is 9.11. The monoisotopic (exact) mass is 437 g/mol. The molecule has 0 atom stereocenters. The van der Waals surface area contributed by atoms with Crippen LogP contribution in [0.1, 0.15) is 69.2 Å². The smallest absolute Gasteiger partial charge is 0 e. The molecule has 2 aliphatic rings. The van der Waals surface area contributed by atoms with Crippen LogP contribution >= 0.6 is 0 Å². The zero-order valence-electron chi connectivity index (χ0n) is 16.4. The molecule has 2 aliphatic carbocycles. The second-order valence-corrected chi connectivity index (χ2v) is 6.25. The van der Waals surface area contributed by atoms with Crippen LogP contribution in [0.25, 0.3) is 0 Å². The average molecular weight is 436 g/mol. The number of hydrogen-bond acceptors (Lipinski definition) is 0. The summed E-state index contributed by atoms with van der Waals surface area (Å²) in [5, 5.41) is 0. The fourth-order valence-electron chi connectivity index (χ4n) is 2.81. The van der Waals surface area contributed by atoms with Gasteiger partial charge in [0, 0.05) is 40.4 Å². The van der Waals surface area contributed by atoms with Crippen LogP contribution in [-0.4, -0.2) is 0 Å². The van der Waals surface area contributed by atoms with Gasteiger partial charge in [0.2, 0.25) is 0 Å². The minimum atomic E-state index is 0. The molecule has 22 heavy (non-hydrogen) atoms. The molecular weight excluding hydrogens is 403 g/mol. The molecule has 1 heteroatoms. The maximum absolute atomic E-state index is 2.20. The predicted molar refractivity (Wildman–Crippen MR) is 95.6 cm³/mol. The van der Waals surface area contributed by atoms with Gasteiger partial charge >= 0.3 is 0 Å². The summed E-state index contributed by atoms with van der Waals surface area (Å²) in [4.78, 5) is 0. The third-order valence-electron chi connectivity index (χ3n) is 5.62. The van der Waals surface area contributed by atoms with Gasteiger partial charge in [-0.1, -0.05) is 69.2 Å². The van der Waals surface area contributed by atoms with Gasteiger partial charge in [-0.2, -0.15) is 0 Å². The van der Waals surface area contributed by atoms with E-state index in [9.17, 15) is 0 Å². The first kappa shape index (κ1) is 25.6. The van der Waals surface area contributed by atoms with Gasteiger partial charge in [0.05, 0.1) is 0 Å². The van der Waals surface area contributed by atoms with E-state index in [0.717, 1.165) is 0 Å². The molecule has 0 amide bonds. The molecule has 0 bridgehead atoms. The van der Waals surface area contributed by atoms with Gasteiger partial charge in [-0.15, -0.1) is 0 Å². The molecule has 0 N–H and O–H groups in total. The van der Waals surface area contributed by atoms with E-state index in [1.165, 1.54) is 59.2 Å². The van der Waals surface area contributed by atoms with E-state index in [0.29, 0.717) is 0 Å². The Bertz CT molecular complexity index is 181. The zero-order valence-corrected chi connectivity index (χ0v) is 19.0. The Labute approximate surface area is 175 Å². The Morgan fingerprint density at radius 3 is 0.364 bits per heavy atom. The Balaban J connectivity index is 0. The Hall–Kier alpha value is 1.34. The van der Waals surface area contributed by atoms with Gasteiger partial charge in [-0.05, 0) is 59.2 Å². The second-order valence-electron chi connectivity index (χ2n) is 6.25. The maximum atomic E-state index is 2.20. The molecule has 124 valence electrons.